The Morgan fingerprint density at radius 3 is 2.10 bits per heavy atom. The van der Waals surface area contributed by atoms with Crippen molar-refractivity contribution >= 4 is 71.0 Å². The summed E-state index contributed by atoms with van der Waals surface area (Å²) in [5.74, 6) is -5.99. The first-order valence-electron chi connectivity index (χ1n) is 28.1. The molecule has 0 unspecified atom stereocenters. The van der Waals surface area contributed by atoms with E-state index in [1.807, 2.05) is 15.5 Å². The number of halogens is 3. The molecule has 6 atom stereocenters. The zero-order chi connectivity index (χ0) is 65.1. The minimum absolute atomic E-state index is 0.0367. The van der Waals surface area contributed by atoms with Crippen molar-refractivity contribution in [1.82, 2.24) is 25.8 Å². The molecule has 0 aliphatic carbocycles. The molecule has 2 saturated heterocycles. The van der Waals surface area contributed by atoms with E-state index in [9.17, 15) is 72.0 Å². The Labute approximate surface area is 505 Å². The summed E-state index contributed by atoms with van der Waals surface area (Å²) in [4.78, 5) is 114. The number of hydrogen-bond donors (Lipinski definition) is 9. The van der Waals surface area contributed by atoms with Gasteiger partial charge in [-0.1, -0.05) is 18.9 Å². The van der Waals surface area contributed by atoms with Crippen LogP contribution in [-0.2, 0) is 49.5 Å². The predicted octanol–water partition coefficient (Wildman–Crippen LogP) is 1.96. The minimum atomic E-state index is -5.19. The van der Waals surface area contributed by atoms with E-state index < -0.39 is 109 Å². The summed E-state index contributed by atoms with van der Waals surface area (Å²) >= 11 is 0. The summed E-state index contributed by atoms with van der Waals surface area (Å²) in [5, 5.41) is 63.3. The first kappa shape index (κ1) is 70.3. The average molecular weight is 1240 g/mol. The van der Waals surface area contributed by atoms with Gasteiger partial charge in [-0.2, -0.15) is 13.2 Å². The molecule has 0 saturated carbocycles. The topological polar surface area (TPSA) is 365 Å². The van der Waals surface area contributed by atoms with Gasteiger partial charge in [0.1, 0.15) is 53.4 Å². The maximum absolute atomic E-state index is 13.5. The highest BCUT2D eigenvalue weighted by molar-refractivity contribution is 6.15. The number of aliphatic hydroxyl groups excluding tert-OH is 4. The fraction of sp³-hybridized carbons (Fsp3) is 0.492. The number of likely N-dealkylation sites (tertiary alicyclic amines) is 1. The van der Waals surface area contributed by atoms with E-state index in [4.69, 9.17) is 28.8 Å². The summed E-state index contributed by atoms with van der Waals surface area (Å²) in [7, 11) is 0. The van der Waals surface area contributed by atoms with Crippen molar-refractivity contribution in [2.75, 3.05) is 50.0 Å². The number of pyridine rings is 1. The van der Waals surface area contributed by atoms with Crippen molar-refractivity contribution in [3.63, 3.8) is 0 Å². The third kappa shape index (κ3) is 22.6. The number of anilines is 2. The van der Waals surface area contributed by atoms with Crippen LogP contribution in [-0.4, -0.2) is 177 Å². The van der Waals surface area contributed by atoms with Gasteiger partial charge in [0, 0.05) is 79.3 Å². The maximum Gasteiger partial charge on any atom is 0.430 e. The molecule has 480 valence electrons. The van der Waals surface area contributed by atoms with Gasteiger partial charge in [-0.25, -0.2) is 14.2 Å². The number of nitrogens with one attached hydrogen (secondary N) is 5. The summed E-state index contributed by atoms with van der Waals surface area (Å²) in [5.41, 5.74) is 0.857. The van der Waals surface area contributed by atoms with Crippen molar-refractivity contribution in [2.45, 2.75) is 141 Å². The average Bonchev–Trinajstić information content (AvgIpc) is 3.17. The number of aromatic nitrogens is 1. The van der Waals surface area contributed by atoms with E-state index in [1.165, 1.54) is 12.1 Å². The summed E-state index contributed by atoms with van der Waals surface area (Å²) in [6.45, 7) is 10.7. The lowest BCUT2D eigenvalue weighted by molar-refractivity contribution is -0.688. The molecule has 0 spiro atoms. The van der Waals surface area contributed by atoms with Crippen LogP contribution in [0.15, 0.2) is 85.2 Å². The number of carboxylic acids is 1. The molecule has 29 heteroatoms. The molecule has 0 bridgehead atoms. The molecule has 8 amide bonds. The van der Waals surface area contributed by atoms with Crippen LogP contribution < -0.4 is 41.0 Å². The number of benzene rings is 2. The van der Waals surface area contributed by atoms with E-state index in [0.717, 1.165) is 44.3 Å². The number of alkyl halides is 3. The van der Waals surface area contributed by atoms with Crippen molar-refractivity contribution in [3.05, 3.63) is 102 Å². The van der Waals surface area contributed by atoms with Crippen molar-refractivity contribution < 1.29 is 105 Å². The molecule has 26 nitrogen and oxygen atoms in total. The molecule has 2 fully saturated rings. The normalized spacial score (nSPS) is 19.2. The molecule has 4 heterocycles. The lowest BCUT2D eigenvalue weighted by Gasteiger charge is -2.39. The first-order chi connectivity index (χ1) is 41.3. The molecule has 88 heavy (non-hydrogen) atoms. The Kier molecular flexibility index (Phi) is 25.5. The lowest BCUT2D eigenvalue weighted by Crippen LogP contribution is -2.60. The highest BCUT2D eigenvalue weighted by Gasteiger charge is 2.45. The Morgan fingerprint density at radius 2 is 1.47 bits per heavy atom. The van der Waals surface area contributed by atoms with Crippen LogP contribution in [0.4, 0.5) is 34.1 Å². The van der Waals surface area contributed by atoms with Crippen molar-refractivity contribution in [1.29, 1.82) is 0 Å². The Balaban J connectivity index is 0.00000190. The van der Waals surface area contributed by atoms with Crippen LogP contribution in [0.25, 0.3) is 6.08 Å². The van der Waals surface area contributed by atoms with Crippen LogP contribution in [0.2, 0.25) is 0 Å². The molecule has 9 N–H and O–H groups in total. The standard InChI is InChI=1S/C57H74N8O16.C2HF3O2/c1-56(2,3)80-54(76)60-31-41(65-46(69)19-20-47(65)70)51(74)59-25-21-45(68)62-40-29-37(15-17-42(40)78-53-50(73)49(72)48(71)43(34-66)79-53)33-63-26-10-12-36(32-63)16-18-44(67)58-24-8-7-11-35-22-27-64(28-23-35)52(75)38-13-9-14-39(30-38)61-55(77)81-57(4,5)6;3-2(4,5)1(6)7/h9-10,12-20,26,29-30,32,35,41,43,48-50,53,66,71-73H,7-8,11,21-25,27-28,31,33-34H2,1-6H3,(H4-,58,59,60,61,62,67,68,74,76,77);(H,6,7)/b18-16+;/t41-,43+,48+,49-,50-,53-;/m0./s1. The Hall–Kier alpha value is -8.51. The largest absolute Gasteiger partial charge is 0.542 e. The van der Waals surface area contributed by atoms with Gasteiger partial charge in [-0.15, -0.1) is 0 Å². The van der Waals surface area contributed by atoms with Gasteiger partial charge in [-0.3, -0.25) is 39.0 Å². The van der Waals surface area contributed by atoms with Crippen molar-refractivity contribution in [3.8, 4) is 5.75 Å². The number of hydrogen-bond acceptors (Lipinski definition) is 18. The lowest BCUT2D eigenvalue weighted by atomic mass is 9.91. The third-order valence-corrected chi connectivity index (χ3v) is 13.3. The van der Waals surface area contributed by atoms with Gasteiger partial charge >= 0.3 is 18.4 Å². The number of unbranched alkanes of at least 4 members (excludes halogenated alkanes) is 1. The second-order valence-electron chi connectivity index (χ2n) is 22.7. The molecule has 1 aromatic heterocycles. The van der Waals surface area contributed by atoms with E-state index in [1.54, 1.807) is 102 Å². The second kappa shape index (κ2) is 31.9. The van der Waals surface area contributed by atoms with Crippen LogP contribution in [0.5, 0.6) is 5.75 Å². The fourth-order valence-corrected chi connectivity index (χ4v) is 9.02. The van der Waals surface area contributed by atoms with Gasteiger partial charge in [-0.05, 0) is 115 Å². The van der Waals surface area contributed by atoms with E-state index in [0.29, 0.717) is 52.8 Å². The molecule has 3 aromatic rings. The second-order valence-corrected chi connectivity index (χ2v) is 22.7. The van der Waals surface area contributed by atoms with Gasteiger partial charge in [0.05, 0.1) is 18.8 Å². The van der Waals surface area contributed by atoms with Crippen LogP contribution in [0.1, 0.15) is 102 Å². The number of rotatable bonds is 22. The number of aliphatic carboxylic acids is 1. The van der Waals surface area contributed by atoms with E-state index >= 15 is 0 Å². The number of piperidine rings is 1. The number of carbonyl (C=O) groups is 9. The SMILES string of the molecule is CC(C)(C)OC(=O)NC[C@@H](C(=O)NCCC(=O)Nc1cc(C[n+]2cccc(/C=C/C(=O)NCCCCC3CCN(C(=O)c4cccc(NC(=O)OC(C)(C)C)c4)CC3)c2)ccc1O[C@H]1O[C@H](CO)[C@@H](O)[C@H](O)[C@@H]1O)N1C(=O)C=CC1=O.O=C([O-])C(F)(F)F. The third-order valence-electron chi connectivity index (χ3n) is 13.3. The highest BCUT2D eigenvalue weighted by Crippen LogP contribution is 2.31. The monoisotopic (exact) mass is 1240 g/mol. The maximum atomic E-state index is 13.5. The first-order valence-corrected chi connectivity index (χ1v) is 28.1. The zero-order valence-electron chi connectivity index (χ0n) is 49.4. The van der Waals surface area contributed by atoms with Crippen molar-refractivity contribution in [2.24, 2.45) is 5.92 Å². The summed E-state index contributed by atoms with van der Waals surface area (Å²) in [6, 6.07) is 13.7. The quantitative estimate of drug-likeness (QED) is 0.0300. The number of nitrogens with zero attached hydrogens (tertiary/aromatic N) is 3. The predicted molar refractivity (Wildman–Crippen MR) is 304 cm³/mol. The molecule has 0 radical (unpaired) electrons. The smallest absolute Gasteiger partial charge is 0.430 e. The van der Waals surface area contributed by atoms with Crippen LogP contribution in [0, 0.1) is 5.92 Å². The summed E-state index contributed by atoms with van der Waals surface area (Å²) in [6.07, 6.45) is -1.98. The van der Waals surface area contributed by atoms with Gasteiger partial charge in [0.15, 0.2) is 18.9 Å². The molecule has 3 aliphatic heterocycles. The fourth-order valence-electron chi connectivity index (χ4n) is 9.02. The number of carbonyl (C=O) groups excluding carboxylic acids is 9. The number of alkyl carbamates (subject to hydrolysis) is 1. The van der Waals surface area contributed by atoms with Gasteiger partial charge < -0.3 is 75.4 Å². The zero-order valence-corrected chi connectivity index (χ0v) is 49.4. The number of amides is 8. The minimum Gasteiger partial charge on any atom is -0.542 e. The molecule has 3 aliphatic rings. The number of aliphatic hydroxyl groups is 4. The van der Waals surface area contributed by atoms with E-state index in [2.05, 4.69) is 26.6 Å². The summed E-state index contributed by atoms with van der Waals surface area (Å²) < 4.78 is 55.4. The number of imide groups is 1. The Bertz CT molecular complexity index is 3010. The Morgan fingerprint density at radius 1 is 0.807 bits per heavy atom. The molecule has 6 rings (SSSR count). The molecule has 2 aromatic carbocycles. The van der Waals surface area contributed by atoms with Gasteiger partial charge in [0.25, 0.3) is 17.7 Å². The molecular weight excluding hydrogens is 1170 g/mol. The molecular formula is C59H75F3N8O18. The highest BCUT2D eigenvalue weighted by atomic mass is 19.4. The van der Waals surface area contributed by atoms with Crippen LogP contribution in [0.3, 0.4) is 0 Å². The number of carboxylic acid groups (broad SMARTS) is 1. The van der Waals surface area contributed by atoms with Gasteiger partial charge in [0.2, 0.25) is 24.0 Å². The van der Waals surface area contributed by atoms with Crippen LogP contribution >= 0.6 is 0 Å². The van der Waals surface area contributed by atoms with E-state index in [-0.39, 0.29) is 42.8 Å². The number of ether oxygens (including phenoxy) is 4.